The molecule has 102 valence electrons. The van der Waals surface area contributed by atoms with Crippen LogP contribution in [-0.2, 0) is 4.74 Å². The standard InChI is InChI=1S/C12H17F3N2O/c1-7(6-18-2)5-10(17-16)8-3-4-9(13)12(15)11(8)14/h3-4,7,10,17H,5-6,16H2,1-2H3. The third-order valence-corrected chi connectivity index (χ3v) is 2.73. The fourth-order valence-corrected chi connectivity index (χ4v) is 1.85. The molecule has 0 fully saturated rings. The number of hydrogen-bond donors (Lipinski definition) is 2. The van der Waals surface area contributed by atoms with Gasteiger partial charge in [0, 0.05) is 25.3 Å². The zero-order valence-electron chi connectivity index (χ0n) is 10.3. The first-order valence-corrected chi connectivity index (χ1v) is 5.59. The van der Waals surface area contributed by atoms with Crippen LogP contribution >= 0.6 is 0 Å². The molecule has 1 aromatic carbocycles. The van der Waals surface area contributed by atoms with Crippen LogP contribution in [0.25, 0.3) is 0 Å². The van der Waals surface area contributed by atoms with E-state index in [1.165, 1.54) is 6.07 Å². The van der Waals surface area contributed by atoms with Crippen LogP contribution in [0, 0.1) is 23.4 Å². The molecule has 0 saturated heterocycles. The zero-order chi connectivity index (χ0) is 13.7. The second kappa shape index (κ2) is 6.72. The largest absolute Gasteiger partial charge is 0.384 e. The quantitative estimate of drug-likeness (QED) is 0.470. The van der Waals surface area contributed by atoms with Crippen LogP contribution in [0.5, 0.6) is 0 Å². The van der Waals surface area contributed by atoms with Gasteiger partial charge in [0.05, 0.1) is 0 Å². The lowest BCUT2D eigenvalue weighted by molar-refractivity contribution is 0.149. The van der Waals surface area contributed by atoms with Crippen molar-refractivity contribution >= 4 is 0 Å². The lowest BCUT2D eigenvalue weighted by atomic mass is 9.96. The average molecular weight is 262 g/mol. The molecule has 6 heteroatoms. The molecule has 0 saturated carbocycles. The van der Waals surface area contributed by atoms with E-state index in [2.05, 4.69) is 5.43 Å². The Balaban J connectivity index is 2.92. The fraction of sp³-hybridized carbons (Fsp3) is 0.500. The minimum absolute atomic E-state index is 0.0133. The van der Waals surface area contributed by atoms with Gasteiger partial charge in [-0.3, -0.25) is 11.3 Å². The molecule has 0 aliphatic carbocycles. The normalized spacial score (nSPS) is 14.6. The van der Waals surface area contributed by atoms with Gasteiger partial charge in [0.2, 0.25) is 0 Å². The molecule has 0 spiro atoms. The number of ether oxygens (including phenoxy) is 1. The summed E-state index contributed by atoms with van der Waals surface area (Å²) in [5.74, 6) is 1.54. The first-order chi connectivity index (χ1) is 8.51. The SMILES string of the molecule is COCC(C)CC(NN)c1ccc(F)c(F)c1F. The van der Waals surface area contributed by atoms with Crippen molar-refractivity contribution in [2.75, 3.05) is 13.7 Å². The van der Waals surface area contributed by atoms with Crippen molar-refractivity contribution in [3.05, 3.63) is 35.1 Å². The van der Waals surface area contributed by atoms with E-state index in [1.807, 2.05) is 6.92 Å². The van der Waals surface area contributed by atoms with Gasteiger partial charge in [-0.15, -0.1) is 0 Å². The van der Waals surface area contributed by atoms with E-state index in [0.29, 0.717) is 13.0 Å². The van der Waals surface area contributed by atoms with Gasteiger partial charge in [-0.1, -0.05) is 13.0 Å². The van der Waals surface area contributed by atoms with E-state index in [9.17, 15) is 13.2 Å². The summed E-state index contributed by atoms with van der Waals surface area (Å²) >= 11 is 0. The molecule has 0 aliphatic heterocycles. The molecule has 2 unspecified atom stereocenters. The van der Waals surface area contributed by atoms with Gasteiger partial charge < -0.3 is 4.74 Å². The summed E-state index contributed by atoms with van der Waals surface area (Å²) in [7, 11) is 1.56. The van der Waals surface area contributed by atoms with Crippen LogP contribution in [0.4, 0.5) is 13.2 Å². The molecule has 0 aliphatic rings. The Morgan fingerprint density at radius 2 is 1.94 bits per heavy atom. The summed E-state index contributed by atoms with van der Waals surface area (Å²) in [6.45, 7) is 2.37. The fourth-order valence-electron chi connectivity index (χ4n) is 1.85. The van der Waals surface area contributed by atoms with Crippen LogP contribution in [0.1, 0.15) is 24.9 Å². The van der Waals surface area contributed by atoms with Gasteiger partial charge in [-0.2, -0.15) is 0 Å². The highest BCUT2D eigenvalue weighted by molar-refractivity contribution is 5.23. The summed E-state index contributed by atoms with van der Waals surface area (Å²) in [6, 6.07) is 1.49. The molecule has 0 heterocycles. The Hall–Kier alpha value is -1.11. The van der Waals surface area contributed by atoms with Gasteiger partial charge in [0.1, 0.15) is 0 Å². The maximum absolute atomic E-state index is 13.6. The van der Waals surface area contributed by atoms with Crippen molar-refractivity contribution in [1.29, 1.82) is 0 Å². The molecule has 0 bridgehead atoms. The van der Waals surface area contributed by atoms with E-state index in [1.54, 1.807) is 7.11 Å². The Morgan fingerprint density at radius 1 is 1.28 bits per heavy atom. The minimum atomic E-state index is -1.48. The topological polar surface area (TPSA) is 47.3 Å². The molecule has 3 nitrogen and oxygen atoms in total. The van der Waals surface area contributed by atoms with E-state index in [4.69, 9.17) is 10.6 Å². The highest BCUT2D eigenvalue weighted by Crippen LogP contribution is 2.25. The molecule has 1 aromatic rings. The number of halogens is 3. The summed E-state index contributed by atoms with van der Waals surface area (Å²) in [5, 5.41) is 0. The van der Waals surface area contributed by atoms with Crippen molar-refractivity contribution in [3.63, 3.8) is 0 Å². The molecule has 0 radical (unpaired) electrons. The molecule has 2 atom stereocenters. The van der Waals surface area contributed by atoms with Crippen molar-refractivity contribution in [2.24, 2.45) is 11.8 Å². The van der Waals surface area contributed by atoms with Crippen LogP contribution < -0.4 is 11.3 Å². The lowest BCUT2D eigenvalue weighted by Gasteiger charge is -2.21. The van der Waals surface area contributed by atoms with E-state index < -0.39 is 23.5 Å². The maximum Gasteiger partial charge on any atom is 0.194 e. The lowest BCUT2D eigenvalue weighted by Crippen LogP contribution is -2.31. The molecule has 0 amide bonds. The smallest absolute Gasteiger partial charge is 0.194 e. The van der Waals surface area contributed by atoms with Crippen LogP contribution in [0.2, 0.25) is 0 Å². The van der Waals surface area contributed by atoms with Gasteiger partial charge >= 0.3 is 0 Å². The second-order valence-electron chi connectivity index (χ2n) is 4.28. The van der Waals surface area contributed by atoms with Crippen molar-refractivity contribution in [3.8, 4) is 0 Å². The van der Waals surface area contributed by atoms with Crippen LogP contribution in [0.15, 0.2) is 12.1 Å². The van der Waals surface area contributed by atoms with E-state index in [0.717, 1.165) is 6.07 Å². The van der Waals surface area contributed by atoms with Crippen molar-refractivity contribution < 1.29 is 17.9 Å². The van der Waals surface area contributed by atoms with Crippen molar-refractivity contribution in [1.82, 2.24) is 5.43 Å². The highest BCUT2D eigenvalue weighted by Gasteiger charge is 2.21. The Labute approximate surface area is 104 Å². The maximum atomic E-state index is 13.6. The number of nitrogens with one attached hydrogen (secondary N) is 1. The molecular formula is C12H17F3N2O. The molecule has 18 heavy (non-hydrogen) atoms. The number of hydrogen-bond acceptors (Lipinski definition) is 3. The minimum Gasteiger partial charge on any atom is -0.384 e. The number of hydrazine groups is 1. The number of nitrogens with two attached hydrogens (primary N) is 1. The van der Waals surface area contributed by atoms with E-state index in [-0.39, 0.29) is 11.5 Å². The number of rotatable bonds is 6. The Kier molecular flexibility index (Phi) is 5.58. The summed E-state index contributed by atoms with van der Waals surface area (Å²) in [4.78, 5) is 0. The van der Waals surface area contributed by atoms with Gasteiger partial charge in [0.25, 0.3) is 0 Å². The Bertz CT molecular complexity index is 401. The van der Waals surface area contributed by atoms with Crippen LogP contribution in [-0.4, -0.2) is 13.7 Å². The van der Waals surface area contributed by atoms with Gasteiger partial charge in [0.15, 0.2) is 17.5 Å². The van der Waals surface area contributed by atoms with Gasteiger partial charge in [-0.05, 0) is 18.4 Å². The predicted octanol–water partition coefficient (Wildman–Crippen LogP) is 2.28. The predicted molar refractivity (Wildman–Crippen MR) is 62.0 cm³/mol. The number of methoxy groups -OCH3 is 1. The second-order valence-corrected chi connectivity index (χ2v) is 4.28. The summed E-state index contributed by atoms with van der Waals surface area (Å²) in [6.07, 6.45) is 0.451. The molecule has 3 N–H and O–H groups in total. The Morgan fingerprint density at radius 3 is 2.50 bits per heavy atom. The van der Waals surface area contributed by atoms with Crippen LogP contribution in [0.3, 0.4) is 0 Å². The number of benzene rings is 1. The molecular weight excluding hydrogens is 245 g/mol. The molecule has 1 rings (SSSR count). The summed E-state index contributed by atoms with van der Waals surface area (Å²) < 4.78 is 44.5. The van der Waals surface area contributed by atoms with Crippen molar-refractivity contribution in [2.45, 2.75) is 19.4 Å². The van der Waals surface area contributed by atoms with Gasteiger partial charge in [-0.25, -0.2) is 13.2 Å². The third-order valence-electron chi connectivity index (χ3n) is 2.73. The first-order valence-electron chi connectivity index (χ1n) is 5.59. The summed E-state index contributed by atoms with van der Waals surface area (Å²) in [5.41, 5.74) is 2.42. The monoisotopic (exact) mass is 262 g/mol. The molecule has 0 aromatic heterocycles. The third kappa shape index (κ3) is 3.44. The zero-order valence-corrected chi connectivity index (χ0v) is 10.3. The first kappa shape index (κ1) is 14.9. The average Bonchev–Trinajstić information content (AvgIpc) is 2.34. The highest BCUT2D eigenvalue weighted by atomic mass is 19.2. The van der Waals surface area contributed by atoms with E-state index >= 15 is 0 Å².